The molecule has 0 bridgehead atoms. The highest BCUT2D eigenvalue weighted by Crippen LogP contribution is 2.32. The van der Waals surface area contributed by atoms with E-state index in [0.717, 1.165) is 30.8 Å². The molecule has 0 N–H and O–H groups in total. The summed E-state index contributed by atoms with van der Waals surface area (Å²) in [5.74, 6) is 0.0989. The van der Waals surface area contributed by atoms with Gasteiger partial charge in [0.1, 0.15) is 10.8 Å². The van der Waals surface area contributed by atoms with Crippen LogP contribution in [0.25, 0.3) is 11.0 Å². The molecule has 0 radical (unpaired) electrons. The average Bonchev–Trinajstić information content (AvgIpc) is 3.26. The van der Waals surface area contributed by atoms with E-state index in [2.05, 4.69) is 20.9 Å². The Morgan fingerprint density at radius 1 is 1.16 bits per heavy atom. The number of rotatable bonds is 5. The number of aromatic nitrogens is 2. The lowest BCUT2D eigenvalue weighted by molar-refractivity contribution is 0.101. The molecule has 0 fully saturated rings. The summed E-state index contributed by atoms with van der Waals surface area (Å²) in [7, 11) is -3.16. The Morgan fingerprint density at radius 3 is 2.58 bits per heavy atom. The first-order valence-electron chi connectivity index (χ1n) is 8.89. The van der Waals surface area contributed by atoms with Gasteiger partial charge in [0.25, 0.3) is 5.91 Å². The van der Waals surface area contributed by atoms with Crippen molar-refractivity contribution in [2.24, 2.45) is 0 Å². The number of carbonyl (C=O) groups is 1. The first kappa shape index (κ1) is 22.3. The highest BCUT2D eigenvalue weighted by atomic mass is 79.9. The average molecular weight is 559 g/mol. The fourth-order valence-electron chi connectivity index (χ4n) is 3.19. The molecule has 4 aromatic rings. The summed E-state index contributed by atoms with van der Waals surface area (Å²) in [6, 6.07) is 13.5. The molecule has 0 atom stereocenters. The quantitative estimate of drug-likeness (QED) is 0.319. The number of hydrogen-bond donors (Lipinski definition) is 1. The molecular formula is C20H14BrCl2N3O3S2. The minimum Gasteiger partial charge on any atom is -0.324 e. The second kappa shape index (κ2) is 8.91. The lowest BCUT2D eigenvalue weighted by atomic mass is 10.1. The molecule has 0 spiro atoms. The zero-order valence-corrected chi connectivity index (χ0v) is 20.7. The van der Waals surface area contributed by atoms with Crippen molar-refractivity contribution in [2.75, 3.05) is 4.31 Å². The van der Waals surface area contributed by atoms with Gasteiger partial charge >= 0.3 is 0 Å². The summed E-state index contributed by atoms with van der Waals surface area (Å²) in [6.45, 7) is 2.28. The summed E-state index contributed by atoms with van der Waals surface area (Å²) in [5, 5.41) is 1.38. The van der Waals surface area contributed by atoms with E-state index < -0.39 is 16.8 Å². The van der Waals surface area contributed by atoms with Gasteiger partial charge in [-0.1, -0.05) is 29.3 Å². The number of thiol groups is 1. The maximum Gasteiger partial charge on any atom is 0.272 e. The standard InChI is InChI=1S/C20H14BrCl2N3O3S2/c1-11-24-16-5-3-12(20(27)26(31(28)29)19-7-6-18(21)30-19)8-17(16)25(11)10-13-2-4-14(22)9-15(13)23/h2-9,31H,10H2,1H3. The summed E-state index contributed by atoms with van der Waals surface area (Å²) in [4.78, 5) is 17.6. The van der Waals surface area contributed by atoms with Crippen LogP contribution >= 0.6 is 50.5 Å². The zero-order valence-electron chi connectivity index (χ0n) is 15.9. The van der Waals surface area contributed by atoms with E-state index in [9.17, 15) is 13.2 Å². The molecule has 0 aliphatic heterocycles. The van der Waals surface area contributed by atoms with E-state index in [1.54, 1.807) is 42.5 Å². The molecule has 6 nitrogen and oxygen atoms in total. The minimum atomic E-state index is -3.16. The number of amides is 1. The fourth-order valence-corrected chi connectivity index (χ4v) is 5.74. The Labute approximate surface area is 202 Å². The van der Waals surface area contributed by atoms with Crippen LogP contribution in [0.3, 0.4) is 0 Å². The zero-order chi connectivity index (χ0) is 22.3. The van der Waals surface area contributed by atoms with E-state index in [4.69, 9.17) is 23.2 Å². The first-order valence-corrected chi connectivity index (χ1v) is 12.4. The van der Waals surface area contributed by atoms with Crippen LogP contribution in [-0.2, 0) is 17.4 Å². The van der Waals surface area contributed by atoms with Gasteiger partial charge in [0.15, 0.2) is 0 Å². The fraction of sp³-hybridized carbons (Fsp3) is 0.100. The lowest BCUT2D eigenvalue weighted by Crippen LogP contribution is -2.28. The SMILES string of the molecule is Cc1nc2ccc(C(=O)N(c3ccc(Br)s3)[SH](=O)=O)cc2n1Cc1ccc(Cl)cc1Cl. The number of hydrogen-bond acceptors (Lipinski definition) is 5. The third-order valence-corrected chi connectivity index (χ3v) is 7.71. The predicted molar refractivity (Wildman–Crippen MR) is 129 cm³/mol. The van der Waals surface area contributed by atoms with Crippen LogP contribution < -0.4 is 4.31 Å². The van der Waals surface area contributed by atoms with Gasteiger partial charge in [-0.25, -0.2) is 13.4 Å². The van der Waals surface area contributed by atoms with E-state index in [0.29, 0.717) is 32.6 Å². The van der Waals surface area contributed by atoms with Crippen molar-refractivity contribution in [3.63, 3.8) is 0 Å². The summed E-state index contributed by atoms with van der Waals surface area (Å²) in [6.07, 6.45) is 0. The van der Waals surface area contributed by atoms with Gasteiger partial charge in [-0.05, 0) is 70.9 Å². The number of nitrogens with zero attached hydrogens (tertiary/aromatic N) is 3. The predicted octanol–water partition coefficient (Wildman–Crippen LogP) is 5.70. The molecule has 4 rings (SSSR count). The van der Waals surface area contributed by atoms with E-state index in [1.807, 2.05) is 17.6 Å². The van der Waals surface area contributed by atoms with Crippen LogP contribution in [0.15, 0.2) is 52.3 Å². The number of halogens is 3. The van der Waals surface area contributed by atoms with Crippen molar-refractivity contribution in [1.82, 2.24) is 9.55 Å². The molecule has 1 amide bonds. The number of aryl methyl sites for hydroxylation is 1. The molecule has 0 aliphatic rings. The highest BCUT2D eigenvalue weighted by molar-refractivity contribution is 9.11. The Hall–Kier alpha value is -1.91. The van der Waals surface area contributed by atoms with Crippen molar-refractivity contribution in [1.29, 1.82) is 0 Å². The molecule has 2 aromatic carbocycles. The van der Waals surface area contributed by atoms with Gasteiger partial charge in [0, 0.05) is 15.6 Å². The number of fused-ring (bicyclic) bond motifs is 1. The lowest BCUT2D eigenvalue weighted by Gasteiger charge is -2.14. The number of benzene rings is 2. The monoisotopic (exact) mass is 557 g/mol. The van der Waals surface area contributed by atoms with E-state index >= 15 is 0 Å². The van der Waals surface area contributed by atoms with Crippen molar-refractivity contribution in [2.45, 2.75) is 13.5 Å². The van der Waals surface area contributed by atoms with Crippen LogP contribution in [0.2, 0.25) is 10.0 Å². The summed E-state index contributed by atoms with van der Waals surface area (Å²) in [5.41, 5.74) is 2.47. The van der Waals surface area contributed by atoms with Crippen LogP contribution in [0.5, 0.6) is 0 Å². The van der Waals surface area contributed by atoms with Crippen LogP contribution in [-0.4, -0.2) is 23.9 Å². The number of imidazole rings is 1. The van der Waals surface area contributed by atoms with E-state index in [-0.39, 0.29) is 5.56 Å². The van der Waals surface area contributed by atoms with Gasteiger partial charge in [-0.3, -0.25) is 4.79 Å². The third kappa shape index (κ3) is 4.51. The number of anilines is 1. The first-order chi connectivity index (χ1) is 14.7. The maximum atomic E-state index is 13.1. The summed E-state index contributed by atoms with van der Waals surface area (Å²) < 4.78 is 27.1. The molecule has 2 aromatic heterocycles. The molecule has 11 heteroatoms. The Balaban J connectivity index is 1.76. The maximum absolute atomic E-state index is 13.1. The van der Waals surface area contributed by atoms with Gasteiger partial charge in [-0.2, -0.15) is 4.31 Å². The molecule has 0 saturated carbocycles. The normalized spacial score (nSPS) is 11.4. The number of thiophene rings is 1. The molecule has 0 unspecified atom stereocenters. The Morgan fingerprint density at radius 2 is 1.94 bits per heavy atom. The van der Waals surface area contributed by atoms with Gasteiger partial charge in [-0.15, -0.1) is 11.3 Å². The largest absolute Gasteiger partial charge is 0.324 e. The van der Waals surface area contributed by atoms with Crippen molar-refractivity contribution >= 4 is 83.3 Å². The topological polar surface area (TPSA) is 72.3 Å². The van der Waals surface area contributed by atoms with Crippen molar-refractivity contribution < 1.29 is 13.2 Å². The molecule has 0 aliphatic carbocycles. The second-order valence-corrected chi connectivity index (χ2v) is 10.8. The molecule has 31 heavy (non-hydrogen) atoms. The molecular weight excluding hydrogens is 545 g/mol. The summed E-state index contributed by atoms with van der Waals surface area (Å²) >= 11 is 16.8. The smallest absolute Gasteiger partial charge is 0.272 e. The Kier molecular flexibility index (Phi) is 6.41. The molecule has 2 heterocycles. The van der Waals surface area contributed by atoms with E-state index in [1.165, 1.54) is 0 Å². The van der Waals surface area contributed by atoms with Crippen LogP contribution in [0, 0.1) is 6.92 Å². The van der Waals surface area contributed by atoms with Crippen LogP contribution in [0.1, 0.15) is 21.7 Å². The third-order valence-electron chi connectivity index (χ3n) is 4.65. The number of carbonyl (C=O) groups excluding carboxylic acids is 1. The second-order valence-electron chi connectivity index (χ2n) is 6.62. The molecule has 160 valence electrons. The van der Waals surface area contributed by atoms with Gasteiger partial charge < -0.3 is 4.57 Å². The van der Waals surface area contributed by atoms with Crippen LogP contribution in [0.4, 0.5) is 5.00 Å². The molecule has 0 saturated heterocycles. The Bertz CT molecular complexity index is 1390. The minimum absolute atomic E-state index is 0.236. The van der Waals surface area contributed by atoms with Gasteiger partial charge in [0.05, 0.1) is 21.4 Å². The highest BCUT2D eigenvalue weighted by Gasteiger charge is 2.23. The van der Waals surface area contributed by atoms with Crippen molar-refractivity contribution in [3.05, 3.63) is 79.3 Å². The van der Waals surface area contributed by atoms with Crippen molar-refractivity contribution in [3.8, 4) is 0 Å². The van der Waals surface area contributed by atoms with Gasteiger partial charge in [0.2, 0.25) is 10.9 Å².